The minimum Gasteiger partial charge on any atom is -0.481 e. The van der Waals surface area contributed by atoms with Crippen LogP contribution in [0.4, 0.5) is 8.78 Å². The topological polar surface area (TPSA) is 66.4 Å². The third kappa shape index (κ3) is 3.61. The molecule has 2 N–H and O–H groups in total. The van der Waals surface area contributed by atoms with Crippen LogP contribution in [-0.4, -0.2) is 22.5 Å². The Kier molecular flexibility index (Phi) is 4.78. The minimum absolute atomic E-state index is 0.0382. The number of hydrogen-bond acceptors (Lipinski definition) is 2. The van der Waals surface area contributed by atoms with E-state index < -0.39 is 35.0 Å². The lowest BCUT2D eigenvalue weighted by Gasteiger charge is -2.39. The molecule has 2 unspecified atom stereocenters. The Morgan fingerprint density at radius 2 is 2.09 bits per heavy atom. The molecule has 120 valence electrons. The zero-order chi connectivity index (χ0) is 16.3. The number of benzene rings is 1. The highest BCUT2D eigenvalue weighted by Gasteiger charge is 2.42. The maximum Gasteiger partial charge on any atom is 0.308 e. The van der Waals surface area contributed by atoms with E-state index in [0.717, 1.165) is 31.0 Å². The third-order valence-electron chi connectivity index (χ3n) is 4.29. The van der Waals surface area contributed by atoms with Gasteiger partial charge in [-0.15, -0.1) is 0 Å². The second-order valence-corrected chi connectivity index (χ2v) is 6.01. The van der Waals surface area contributed by atoms with Gasteiger partial charge in [0, 0.05) is 5.56 Å². The number of aliphatic carboxylic acids is 1. The van der Waals surface area contributed by atoms with Crippen LogP contribution in [0.25, 0.3) is 0 Å². The molecule has 1 amide bonds. The molecule has 6 heteroatoms. The first-order chi connectivity index (χ1) is 10.3. The van der Waals surface area contributed by atoms with Crippen LogP contribution in [0.1, 0.15) is 38.2 Å². The van der Waals surface area contributed by atoms with Crippen molar-refractivity contribution in [1.29, 1.82) is 0 Å². The Balaban J connectivity index is 2.10. The summed E-state index contributed by atoms with van der Waals surface area (Å²) in [5.41, 5.74) is -0.894. The van der Waals surface area contributed by atoms with E-state index in [9.17, 15) is 23.5 Å². The number of hydrogen-bond donors (Lipinski definition) is 2. The average molecular weight is 311 g/mol. The summed E-state index contributed by atoms with van der Waals surface area (Å²) in [6.07, 6.45) is 2.38. The van der Waals surface area contributed by atoms with Crippen molar-refractivity contribution in [3.8, 4) is 0 Å². The number of carboxylic acid groups (broad SMARTS) is 1. The van der Waals surface area contributed by atoms with Crippen LogP contribution in [0, 0.1) is 17.6 Å². The van der Waals surface area contributed by atoms with Crippen LogP contribution in [-0.2, 0) is 16.0 Å². The van der Waals surface area contributed by atoms with E-state index >= 15 is 0 Å². The van der Waals surface area contributed by atoms with Crippen LogP contribution in [0.15, 0.2) is 18.2 Å². The molecule has 0 aromatic heterocycles. The molecule has 2 atom stereocenters. The predicted octanol–water partition coefficient (Wildman–Crippen LogP) is 2.66. The first-order valence-electron chi connectivity index (χ1n) is 7.29. The molecule has 0 aliphatic heterocycles. The first kappa shape index (κ1) is 16.4. The lowest BCUT2D eigenvalue weighted by Crippen LogP contribution is -2.55. The number of rotatable bonds is 4. The van der Waals surface area contributed by atoms with Gasteiger partial charge in [0.15, 0.2) is 0 Å². The maximum absolute atomic E-state index is 13.6. The highest BCUT2D eigenvalue weighted by Crippen LogP contribution is 2.34. The molecule has 1 aliphatic rings. The summed E-state index contributed by atoms with van der Waals surface area (Å²) in [5, 5.41) is 12.0. The summed E-state index contributed by atoms with van der Waals surface area (Å²) in [7, 11) is 0. The van der Waals surface area contributed by atoms with Gasteiger partial charge in [-0.1, -0.05) is 12.8 Å². The first-order valence-corrected chi connectivity index (χ1v) is 7.29. The second-order valence-electron chi connectivity index (χ2n) is 6.01. The normalized spacial score (nSPS) is 24.8. The van der Waals surface area contributed by atoms with Gasteiger partial charge >= 0.3 is 5.97 Å². The van der Waals surface area contributed by atoms with Gasteiger partial charge in [0.1, 0.15) is 11.6 Å². The highest BCUT2D eigenvalue weighted by molar-refractivity contribution is 5.81. The van der Waals surface area contributed by atoms with E-state index in [1.807, 2.05) is 0 Å². The summed E-state index contributed by atoms with van der Waals surface area (Å²) >= 11 is 0. The Bertz CT molecular complexity index is 591. The van der Waals surface area contributed by atoms with Crippen molar-refractivity contribution in [3.05, 3.63) is 35.4 Å². The van der Waals surface area contributed by atoms with Gasteiger partial charge in [-0.05, 0) is 38.0 Å². The minimum atomic E-state index is -0.945. The van der Waals surface area contributed by atoms with Gasteiger partial charge in [0.2, 0.25) is 5.91 Å². The fraction of sp³-hybridized carbons (Fsp3) is 0.500. The molecule has 4 nitrogen and oxygen atoms in total. The van der Waals surface area contributed by atoms with Crippen molar-refractivity contribution in [2.24, 2.45) is 5.92 Å². The SMILES string of the molecule is CC1(NC(=O)Cc2cc(F)ccc2F)CCCCC1C(=O)O. The van der Waals surface area contributed by atoms with E-state index in [4.69, 9.17) is 0 Å². The Morgan fingerprint density at radius 1 is 1.36 bits per heavy atom. The number of halogens is 2. The Hall–Kier alpha value is -1.98. The second kappa shape index (κ2) is 6.42. The summed E-state index contributed by atoms with van der Waals surface area (Å²) in [6, 6.07) is 2.94. The third-order valence-corrected chi connectivity index (χ3v) is 4.29. The van der Waals surface area contributed by atoms with E-state index in [2.05, 4.69) is 5.32 Å². The van der Waals surface area contributed by atoms with E-state index in [1.165, 1.54) is 0 Å². The van der Waals surface area contributed by atoms with Crippen LogP contribution in [0.3, 0.4) is 0 Å². The quantitative estimate of drug-likeness (QED) is 0.898. The van der Waals surface area contributed by atoms with Gasteiger partial charge in [0.25, 0.3) is 0 Å². The van der Waals surface area contributed by atoms with Crippen molar-refractivity contribution in [3.63, 3.8) is 0 Å². The van der Waals surface area contributed by atoms with E-state index in [1.54, 1.807) is 6.92 Å². The Morgan fingerprint density at radius 3 is 2.77 bits per heavy atom. The predicted molar refractivity (Wildman–Crippen MR) is 76.2 cm³/mol. The lowest BCUT2D eigenvalue weighted by atomic mass is 9.74. The molecule has 0 heterocycles. The van der Waals surface area contributed by atoms with Crippen molar-refractivity contribution in [1.82, 2.24) is 5.32 Å². The fourth-order valence-electron chi connectivity index (χ4n) is 3.09. The number of nitrogens with one attached hydrogen (secondary N) is 1. The molecule has 1 aromatic carbocycles. The molecule has 1 fully saturated rings. The van der Waals surface area contributed by atoms with Crippen LogP contribution in [0.2, 0.25) is 0 Å². The zero-order valence-corrected chi connectivity index (χ0v) is 12.4. The largest absolute Gasteiger partial charge is 0.481 e. The van der Waals surface area contributed by atoms with Crippen molar-refractivity contribution in [2.45, 2.75) is 44.6 Å². The van der Waals surface area contributed by atoms with Crippen LogP contribution in [0.5, 0.6) is 0 Å². The highest BCUT2D eigenvalue weighted by atomic mass is 19.1. The number of carboxylic acids is 1. The van der Waals surface area contributed by atoms with Crippen LogP contribution >= 0.6 is 0 Å². The van der Waals surface area contributed by atoms with Gasteiger partial charge < -0.3 is 10.4 Å². The number of carbonyl (C=O) groups excluding carboxylic acids is 1. The lowest BCUT2D eigenvalue weighted by molar-refractivity contribution is -0.146. The zero-order valence-electron chi connectivity index (χ0n) is 12.4. The summed E-state index contributed by atoms with van der Waals surface area (Å²) < 4.78 is 26.7. The van der Waals surface area contributed by atoms with E-state index in [0.29, 0.717) is 12.8 Å². The molecule has 0 saturated heterocycles. The average Bonchev–Trinajstić information content (AvgIpc) is 2.42. The molecule has 0 spiro atoms. The standard InChI is InChI=1S/C16H19F2NO3/c1-16(7-3-2-4-12(16)15(21)22)19-14(20)9-10-8-11(17)5-6-13(10)18/h5-6,8,12H,2-4,7,9H2,1H3,(H,19,20)(H,21,22). The van der Waals surface area contributed by atoms with Crippen molar-refractivity contribution < 1.29 is 23.5 Å². The molecule has 2 rings (SSSR count). The van der Waals surface area contributed by atoms with Gasteiger partial charge in [-0.3, -0.25) is 9.59 Å². The summed E-state index contributed by atoms with van der Waals surface area (Å²) in [4.78, 5) is 23.5. The van der Waals surface area contributed by atoms with E-state index in [-0.39, 0.29) is 12.0 Å². The number of amides is 1. The summed E-state index contributed by atoms with van der Waals surface area (Å²) in [5.74, 6) is -3.38. The monoisotopic (exact) mass is 311 g/mol. The summed E-state index contributed by atoms with van der Waals surface area (Å²) in [6.45, 7) is 1.70. The molecule has 1 aliphatic carbocycles. The van der Waals surface area contributed by atoms with Crippen molar-refractivity contribution >= 4 is 11.9 Å². The van der Waals surface area contributed by atoms with Crippen molar-refractivity contribution in [2.75, 3.05) is 0 Å². The maximum atomic E-state index is 13.6. The van der Waals surface area contributed by atoms with Gasteiger partial charge in [-0.2, -0.15) is 0 Å². The number of carbonyl (C=O) groups is 2. The van der Waals surface area contributed by atoms with Gasteiger partial charge in [0.05, 0.1) is 17.9 Å². The molecular weight excluding hydrogens is 292 g/mol. The van der Waals surface area contributed by atoms with Gasteiger partial charge in [-0.25, -0.2) is 8.78 Å². The molecule has 1 aromatic rings. The van der Waals surface area contributed by atoms with Crippen LogP contribution < -0.4 is 5.32 Å². The molecule has 0 radical (unpaired) electrons. The molecule has 1 saturated carbocycles. The fourth-order valence-corrected chi connectivity index (χ4v) is 3.09. The smallest absolute Gasteiger partial charge is 0.308 e. The molecule has 22 heavy (non-hydrogen) atoms. The molecular formula is C16H19F2NO3. The molecule has 0 bridgehead atoms. The Labute approximate surface area is 127 Å².